The second kappa shape index (κ2) is 9.15. The van der Waals surface area contributed by atoms with Gasteiger partial charge in [0.25, 0.3) is 0 Å². The van der Waals surface area contributed by atoms with Gasteiger partial charge < -0.3 is 20.6 Å². The molecule has 0 bridgehead atoms. The van der Waals surface area contributed by atoms with Crippen molar-refractivity contribution < 1.29 is 23.0 Å². The number of ether oxygens (including phenoxy) is 1. The fourth-order valence-corrected chi connectivity index (χ4v) is 4.63. The third-order valence-electron chi connectivity index (χ3n) is 6.42. The summed E-state index contributed by atoms with van der Waals surface area (Å²) in [6.07, 6.45) is -3.13. The van der Waals surface area contributed by atoms with Crippen LogP contribution in [0.4, 0.5) is 18.9 Å². The summed E-state index contributed by atoms with van der Waals surface area (Å²) in [5.74, 6) is 0.771. The van der Waals surface area contributed by atoms with Gasteiger partial charge in [-0.15, -0.1) is 0 Å². The summed E-state index contributed by atoms with van der Waals surface area (Å²) in [5, 5.41) is 10.9. The van der Waals surface area contributed by atoms with Crippen LogP contribution >= 0.6 is 0 Å². The Hall–Kier alpha value is -2.91. The van der Waals surface area contributed by atoms with E-state index >= 15 is 0 Å². The first kappa shape index (κ1) is 23.3. The molecule has 178 valence electrons. The van der Waals surface area contributed by atoms with Crippen LogP contribution in [0.15, 0.2) is 36.5 Å². The molecule has 4 rings (SSSR count). The van der Waals surface area contributed by atoms with Gasteiger partial charge in [-0.25, -0.2) is 0 Å². The molecule has 2 heterocycles. The minimum absolute atomic E-state index is 0.00993. The number of hydrogen-bond acceptors (Lipinski definition) is 5. The Morgan fingerprint density at radius 3 is 2.70 bits per heavy atom. The molecule has 1 aromatic heterocycles. The lowest BCUT2D eigenvalue weighted by molar-refractivity contribution is -0.139. The molecule has 9 heteroatoms. The minimum atomic E-state index is -4.19. The van der Waals surface area contributed by atoms with Crippen LogP contribution in [-0.2, 0) is 6.54 Å². The van der Waals surface area contributed by atoms with Crippen molar-refractivity contribution in [2.24, 2.45) is 0 Å². The zero-order valence-electron chi connectivity index (χ0n) is 18.7. The first-order valence-corrected chi connectivity index (χ1v) is 10.9. The monoisotopic (exact) mass is 462 g/mol. The van der Waals surface area contributed by atoms with Gasteiger partial charge in [0.15, 0.2) is 0 Å². The van der Waals surface area contributed by atoms with Crippen LogP contribution in [0, 0.1) is 6.92 Å². The lowest BCUT2D eigenvalue weighted by Crippen LogP contribution is -2.48. The second-order valence-corrected chi connectivity index (χ2v) is 8.61. The zero-order valence-corrected chi connectivity index (χ0v) is 18.7. The lowest BCUT2D eigenvalue weighted by Gasteiger charge is -2.42. The number of anilines is 1. The van der Waals surface area contributed by atoms with Gasteiger partial charge >= 0.3 is 6.18 Å². The average Bonchev–Trinajstić information content (AvgIpc) is 3.27. The topological polar surface area (TPSA) is 77.8 Å². The zero-order chi connectivity index (χ0) is 23.8. The highest BCUT2D eigenvalue weighted by molar-refractivity contribution is 5.88. The molecule has 0 amide bonds. The molecule has 0 radical (unpaired) electrons. The highest BCUT2D eigenvalue weighted by atomic mass is 19.4. The summed E-state index contributed by atoms with van der Waals surface area (Å²) in [5.41, 5.74) is 10.2. The van der Waals surface area contributed by atoms with Crippen molar-refractivity contribution in [2.75, 3.05) is 39.0 Å². The summed E-state index contributed by atoms with van der Waals surface area (Å²) in [6.45, 7) is 4.10. The number of phenolic OH excluding ortho intramolecular Hbond substituents is 1. The largest absolute Gasteiger partial charge is 0.506 e. The van der Waals surface area contributed by atoms with Crippen LogP contribution in [0.25, 0.3) is 10.9 Å². The Bertz CT molecular complexity index is 1130. The molecule has 0 spiro atoms. The molecular weight excluding hydrogens is 433 g/mol. The highest BCUT2D eigenvalue weighted by Crippen LogP contribution is 2.36. The van der Waals surface area contributed by atoms with Crippen molar-refractivity contribution in [3.63, 3.8) is 0 Å². The number of aromatic hydroxyl groups is 1. The van der Waals surface area contributed by atoms with E-state index < -0.39 is 12.6 Å². The molecule has 33 heavy (non-hydrogen) atoms. The van der Waals surface area contributed by atoms with Gasteiger partial charge in [-0.05, 0) is 42.3 Å². The van der Waals surface area contributed by atoms with E-state index in [-0.39, 0.29) is 24.0 Å². The summed E-state index contributed by atoms with van der Waals surface area (Å²) in [6, 6.07) is 8.87. The predicted octanol–water partition coefficient (Wildman–Crippen LogP) is 4.58. The number of nitrogens with zero attached hydrogens (tertiary/aromatic N) is 2. The van der Waals surface area contributed by atoms with E-state index in [9.17, 15) is 18.3 Å². The SMILES string of the molecule is COc1cc(C)c2[nH]ccc2c1CN1CCN(CCC(F)(F)F)CC1c1ccc(O)c(N)c1. The van der Waals surface area contributed by atoms with Crippen molar-refractivity contribution >= 4 is 16.6 Å². The first-order valence-electron chi connectivity index (χ1n) is 10.9. The lowest BCUT2D eigenvalue weighted by atomic mass is 9.98. The summed E-state index contributed by atoms with van der Waals surface area (Å²) >= 11 is 0. The maximum absolute atomic E-state index is 12.8. The number of aromatic nitrogens is 1. The number of H-pyrrole nitrogens is 1. The maximum Gasteiger partial charge on any atom is 0.390 e. The van der Waals surface area contributed by atoms with E-state index in [2.05, 4.69) is 9.88 Å². The molecule has 3 aromatic rings. The predicted molar refractivity (Wildman–Crippen MR) is 122 cm³/mol. The standard InChI is InChI=1S/C24H29F3N4O2/c1-15-11-22(33-2)18(17-5-7-29-23(15)17)13-31-10-9-30(8-6-24(25,26)27)14-20(31)16-3-4-21(32)19(28)12-16/h3-5,7,11-12,20,29,32H,6,8-10,13-14,28H2,1-2H3. The minimum Gasteiger partial charge on any atom is -0.506 e. The second-order valence-electron chi connectivity index (χ2n) is 8.61. The van der Waals surface area contributed by atoms with Crippen LogP contribution < -0.4 is 10.5 Å². The molecular formula is C24H29F3N4O2. The van der Waals surface area contributed by atoms with Gasteiger partial charge in [-0.3, -0.25) is 9.80 Å². The first-order chi connectivity index (χ1) is 15.7. The molecule has 4 N–H and O–H groups in total. The van der Waals surface area contributed by atoms with Gasteiger partial charge in [0.2, 0.25) is 0 Å². The fraction of sp³-hybridized carbons (Fsp3) is 0.417. The van der Waals surface area contributed by atoms with Gasteiger partial charge in [0.1, 0.15) is 11.5 Å². The number of hydrogen-bond donors (Lipinski definition) is 3. The number of rotatable bonds is 6. The van der Waals surface area contributed by atoms with Crippen molar-refractivity contribution in [1.82, 2.24) is 14.8 Å². The van der Waals surface area contributed by atoms with E-state index in [0.717, 1.165) is 33.3 Å². The van der Waals surface area contributed by atoms with Crippen LogP contribution in [-0.4, -0.2) is 59.4 Å². The number of fused-ring (bicyclic) bond motifs is 1. The Kier molecular flexibility index (Phi) is 6.45. The third-order valence-corrected chi connectivity index (χ3v) is 6.42. The Labute approximate surface area is 190 Å². The summed E-state index contributed by atoms with van der Waals surface area (Å²) in [4.78, 5) is 7.37. The number of nitrogen functional groups attached to an aromatic ring is 1. The number of aromatic amines is 1. The number of piperazine rings is 1. The highest BCUT2D eigenvalue weighted by Gasteiger charge is 2.33. The normalized spacial score (nSPS) is 18.2. The molecule has 1 atom stereocenters. The number of phenols is 1. The number of nitrogens with one attached hydrogen (secondary N) is 1. The van der Waals surface area contributed by atoms with E-state index in [1.165, 1.54) is 6.07 Å². The molecule has 2 aromatic carbocycles. The van der Waals surface area contributed by atoms with Crippen molar-refractivity contribution in [3.8, 4) is 11.5 Å². The van der Waals surface area contributed by atoms with Crippen molar-refractivity contribution in [2.45, 2.75) is 32.1 Å². The molecule has 1 aliphatic rings. The van der Waals surface area contributed by atoms with E-state index in [1.807, 2.05) is 30.2 Å². The van der Waals surface area contributed by atoms with Crippen LogP contribution in [0.1, 0.15) is 29.2 Å². The number of alkyl halides is 3. The Balaban J connectivity index is 1.66. The maximum atomic E-state index is 12.8. The van der Waals surface area contributed by atoms with E-state index in [0.29, 0.717) is 26.2 Å². The Morgan fingerprint density at radius 1 is 1.21 bits per heavy atom. The smallest absolute Gasteiger partial charge is 0.390 e. The Morgan fingerprint density at radius 2 is 2.00 bits per heavy atom. The quantitative estimate of drug-likeness (QED) is 0.369. The van der Waals surface area contributed by atoms with Crippen molar-refractivity contribution in [1.29, 1.82) is 0 Å². The van der Waals surface area contributed by atoms with E-state index in [1.54, 1.807) is 19.2 Å². The van der Waals surface area contributed by atoms with Gasteiger partial charge in [0, 0.05) is 61.4 Å². The third kappa shape index (κ3) is 5.04. The van der Waals surface area contributed by atoms with E-state index in [4.69, 9.17) is 10.5 Å². The molecule has 6 nitrogen and oxygen atoms in total. The van der Waals surface area contributed by atoms with Crippen LogP contribution in [0.5, 0.6) is 11.5 Å². The summed E-state index contributed by atoms with van der Waals surface area (Å²) < 4.78 is 44.2. The van der Waals surface area contributed by atoms with Gasteiger partial charge in [-0.1, -0.05) is 6.07 Å². The number of methoxy groups -OCH3 is 1. The molecule has 1 aliphatic heterocycles. The van der Waals surface area contributed by atoms with Crippen LogP contribution in [0.2, 0.25) is 0 Å². The van der Waals surface area contributed by atoms with Crippen molar-refractivity contribution in [3.05, 3.63) is 53.2 Å². The molecule has 0 aliphatic carbocycles. The number of halogens is 3. The summed E-state index contributed by atoms with van der Waals surface area (Å²) in [7, 11) is 1.64. The number of nitrogens with two attached hydrogens (primary N) is 1. The fourth-order valence-electron chi connectivity index (χ4n) is 4.63. The van der Waals surface area contributed by atoms with Crippen LogP contribution in [0.3, 0.4) is 0 Å². The molecule has 1 saturated heterocycles. The molecule has 0 saturated carbocycles. The molecule has 1 unspecified atom stereocenters. The van der Waals surface area contributed by atoms with Gasteiger partial charge in [0.05, 0.1) is 19.2 Å². The van der Waals surface area contributed by atoms with Gasteiger partial charge in [-0.2, -0.15) is 13.2 Å². The number of aryl methyl sites for hydroxylation is 1. The molecule has 1 fully saturated rings. The number of benzene rings is 2. The average molecular weight is 463 g/mol.